The van der Waals surface area contributed by atoms with Gasteiger partial charge in [-0.15, -0.1) is 0 Å². The van der Waals surface area contributed by atoms with Gasteiger partial charge in [0.1, 0.15) is 0 Å². The van der Waals surface area contributed by atoms with Crippen LogP contribution in [0, 0.1) is 0 Å². The van der Waals surface area contributed by atoms with Gasteiger partial charge in [-0.2, -0.15) is 0 Å². The quantitative estimate of drug-likeness (QED) is 0.631. The number of ketones is 1. The fraction of sp³-hybridized carbons (Fsp3) is 0.176. The summed E-state index contributed by atoms with van der Waals surface area (Å²) in [6.07, 6.45) is 0. The highest BCUT2D eigenvalue weighted by Crippen LogP contribution is 2.19. The van der Waals surface area contributed by atoms with Crippen molar-refractivity contribution in [1.29, 1.82) is 0 Å². The minimum absolute atomic E-state index is 0.0514. The molecule has 0 aliphatic heterocycles. The first kappa shape index (κ1) is 14.0. The van der Waals surface area contributed by atoms with Crippen LogP contribution in [0.15, 0.2) is 54.6 Å². The van der Waals surface area contributed by atoms with Crippen LogP contribution < -0.4 is 0 Å². The Morgan fingerprint density at radius 1 is 0.950 bits per heavy atom. The Morgan fingerprint density at radius 3 is 2.25 bits per heavy atom. The lowest BCUT2D eigenvalue weighted by Gasteiger charge is -2.10. The van der Waals surface area contributed by atoms with Crippen LogP contribution in [0.1, 0.15) is 34.3 Å². The van der Waals surface area contributed by atoms with Crippen LogP contribution in [0.4, 0.5) is 0 Å². The van der Waals surface area contributed by atoms with E-state index in [-0.39, 0.29) is 17.7 Å². The molecule has 2 rings (SSSR count). The van der Waals surface area contributed by atoms with Gasteiger partial charge < -0.3 is 4.74 Å². The predicted molar refractivity (Wildman–Crippen MR) is 76.7 cm³/mol. The van der Waals surface area contributed by atoms with Crippen LogP contribution in [0.2, 0.25) is 0 Å². The Kier molecular flexibility index (Phi) is 4.31. The molecule has 20 heavy (non-hydrogen) atoms. The van der Waals surface area contributed by atoms with E-state index < -0.39 is 0 Å². The molecule has 0 spiro atoms. The molecular weight excluding hydrogens is 252 g/mol. The number of carbonyl (C=O) groups excluding carboxylic acids is 2. The number of esters is 1. The van der Waals surface area contributed by atoms with E-state index in [0.29, 0.717) is 11.1 Å². The smallest absolute Gasteiger partial charge is 0.312 e. The molecule has 0 unspecified atom stereocenters. The third-order valence-corrected chi connectivity index (χ3v) is 3.24. The van der Waals surface area contributed by atoms with Gasteiger partial charge in [0.25, 0.3) is 0 Å². The lowest BCUT2D eigenvalue weighted by atomic mass is 9.96. The van der Waals surface area contributed by atoms with E-state index in [1.165, 1.54) is 7.11 Å². The van der Waals surface area contributed by atoms with Crippen LogP contribution in [0.25, 0.3) is 0 Å². The van der Waals surface area contributed by atoms with Crippen LogP contribution in [0.3, 0.4) is 0 Å². The van der Waals surface area contributed by atoms with Gasteiger partial charge in [-0.3, -0.25) is 9.59 Å². The summed E-state index contributed by atoms with van der Waals surface area (Å²) in [7, 11) is 1.36. The Hall–Kier alpha value is -2.42. The van der Waals surface area contributed by atoms with Crippen molar-refractivity contribution in [3.63, 3.8) is 0 Å². The number of hydrogen-bond donors (Lipinski definition) is 0. The second-order valence-corrected chi connectivity index (χ2v) is 4.57. The van der Waals surface area contributed by atoms with Crippen molar-refractivity contribution in [3.05, 3.63) is 71.3 Å². The molecule has 0 amide bonds. The molecule has 3 heteroatoms. The summed E-state index contributed by atoms with van der Waals surface area (Å²) in [5, 5.41) is 0. The molecule has 2 aromatic rings. The third kappa shape index (κ3) is 2.94. The zero-order valence-corrected chi connectivity index (χ0v) is 11.5. The molecule has 0 saturated heterocycles. The zero-order valence-electron chi connectivity index (χ0n) is 11.5. The maximum Gasteiger partial charge on any atom is 0.312 e. The van der Waals surface area contributed by atoms with E-state index in [4.69, 9.17) is 4.74 Å². The molecule has 102 valence electrons. The minimum Gasteiger partial charge on any atom is -0.469 e. The molecule has 3 nitrogen and oxygen atoms in total. The molecule has 0 N–H and O–H groups in total. The second-order valence-electron chi connectivity index (χ2n) is 4.57. The van der Waals surface area contributed by atoms with Crippen molar-refractivity contribution < 1.29 is 14.3 Å². The first-order chi connectivity index (χ1) is 9.63. The molecule has 2 aromatic carbocycles. The van der Waals surface area contributed by atoms with Crippen molar-refractivity contribution in [2.24, 2.45) is 0 Å². The number of hydrogen-bond acceptors (Lipinski definition) is 3. The van der Waals surface area contributed by atoms with Crippen LogP contribution in [0.5, 0.6) is 0 Å². The lowest BCUT2D eigenvalue weighted by molar-refractivity contribution is -0.141. The highest BCUT2D eigenvalue weighted by atomic mass is 16.5. The van der Waals surface area contributed by atoms with E-state index in [1.54, 1.807) is 37.3 Å². The van der Waals surface area contributed by atoms with Gasteiger partial charge in [-0.25, -0.2) is 0 Å². The average Bonchev–Trinajstić information content (AvgIpc) is 2.53. The topological polar surface area (TPSA) is 43.4 Å². The molecule has 0 aromatic heterocycles. The molecule has 0 bridgehead atoms. The maximum atomic E-state index is 12.3. The fourth-order valence-electron chi connectivity index (χ4n) is 2.02. The minimum atomic E-state index is -0.386. The highest BCUT2D eigenvalue weighted by molar-refractivity contribution is 6.09. The number of carbonyl (C=O) groups is 2. The summed E-state index contributed by atoms with van der Waals surface area (Å²) in [6.45, 7) is 1.76. The van der Waals surface area contributed by atoms with Crippen molar-refractivity contribution in [3.8, 4) is 0 Å². The Labute approximate surface area is 118 Å². The largest absolute Gasteiger partial charge is 0.469 e. The molecule has 0 fully saturated rings. The van der Waals surface area contributed by atoms with Gasteiger partial charge in [0.15, 0.2) is 5.78 Å². The maximum absolute atomic E-state index is 12.3. The summed E-state index contributed by atoms with van der Waals surface area (Å²) < 4.78 is 4.73. The number of rotatable bonds is 4. The molecule has 0 heterocycles. The average molecular weight is 268 g/mol. The van der Waals surface area contributed by atoms with E-state index >= 15 is 0 Å². The SMILES string of the molecule is COC(=O)[C@H](C)c1cccc(C(=O)c2ccccc2)c1. The van der Waals surface area contributed by atoms with Crippen LogP contribution in [-0.2, 0) is 9.53 Å². The monoisotopic (exact) mass is 268 g/mol. The van der Waals surface area contributed by atoms with Crippen molar-refractivity contribution >= 4 is 11.8 Å². The summed E-state index contributed by atoms with van der Waals surface area (Å²) in [6, 6.07) is 16.2. The summed E-state index contributed by atoms with van der Waals surface area (Å²) in [4.78, 5) is 23.9. The summed E-state index contributed by atoms with van der Waals surface area (Å²) in [5.41, 5.74) is 1.98. The number of benzene rings is 2. The summed E-state index contributed by atoms with van der Waals surface area (Å²) >= 11 is 0. The second kappa shape index (κ2) is 6.15. The van der Waals surface area contributed by atoms with Crippen LogP contribution in [-0.4, -0.2) is 18.9 Å². The van der Waals surface area contributed by atoms with Gasteiger partial charge >= 0.3 is 5.97 Å². The Morgan fingerprint density at radius 2 is 1.60 bits per heavy atom. The highest BCUT2D eigenvalue weighted by Gasteiger charge is 2.17. The van der Waals surface area contributed by atoms with E-state index in [9.17, 15) is 9.59 Å². The lowest BCUT2D eigenvalue weighted by Crippen LogP contribution is -2.11. The van der Waals surface area contributed by atoms with Gasteiger partial charge in [-0.1, -0.05) is 48.5 Å². The van der Waals surface area contributed by atoms with Crippen LogP contribution >= 0.6 is 0 Å². The Balaban J connectivity index is 2.31. The molecule has 0 aliphatic carbocycles. The van der Waals surface area contributed by atoms with Crippen molar-refractivity contribution in [1.82, 2.24) is 0 Å². The zero-order chi connectivity index (χ0) is 14.5. The number of methoxy groups -OCH3 is 1. The van der Waals surface area contributed by atoms with E-state index in [2.05, 4.69) is 0 Å². The third-order valence-electron chi connectivity index (χ3n) is 3.24. The first-order valence-electron chi connectivity index (χ1n) is 6.41. The number of ether oxygens (including phenoxy) is 1. The molecule has 0 aliphatic rings. The molecule has 1 atom stereocenters. The predicted octanol–water partition coefficient (Wildman–Crippen LogP) is 3.19. The summed E-state index contributed by atoms with van der Waals surface area (Å²) in [5.74, 6) is -0.748. The van der Waals surface area contributed by atoms with Gasteiger partial charge in [0.05, 0.1) is 13.0 Å². The van der Waals surface area contributed by atoms with Crippen molar-refractivity contribution in [2.45, 2.75) is 12.8 Å². The van der Waals surface area contributed by atoms with E-state index in [1.807, 2.05) is 24.3 Å². The molecular formula is C17H16O3. The van der Waals surface area contributed by atoms with Gasteiger partial charge in [0.2, 0.25) is 0 Å². The fourth-order valence-corrected chi connectivity index (χ4v) is 2.02. The molecule has 0 saturated carbocycles. The normalized spacial score (nSPS) is 11.7. The Bertz CT molecular complexity index is 617. The van der Waals surface area contributed by atoms with E-state index in [0.717, 1.165) is 5.56 Å². The molecule has 0 radical (unpaired) electrons. The first-order valence-corrected chi connectivity index (χ1v) is 6.41. The van der Waals surface area contributed by atoms with Gasteiger partial charge in [-0.05, 0) is 18.6 Å². The van der Waals surface area contributed by atoms with Gasteiger partial charge in [0, 0.05) is 11.1 Å². The standard InChI is InChI=1S/C17H16O3/c1-12(17(19)20-2)14-9-6-10-15(11-14)16(18)13-7-4-3-5-8-13/h3-12H,1-2H3/t12-/m1/s1. The van der Waals surface area contributed by atoms with Crippen molar-refractivity contribution in [2.75, 3.05) is 7.11 Å².